The van der Waals surface area contributed by atoms with Gasteiger partial charge in [-0.1, -0.05) is 24.3 Å². The normalized spacial score (nSPS) is 10.1. The van der Waals surface area contributed by atoms with E-state index in [2.05, 4.69) is 15.6 Å². The van der Waals surface area contributed by atoms with Crippen molar-refractivity contribution in [2.45, 2.75) is 0 Å². The third-order valence-electron chi connectivity index (χ3n) is 3.14. The summed E-state index contributed by atoms with van der Waals surface area (Å²) in [5, 5.41) is 5.79. The second kappa shape index (κ2) is 6.70. The first-order valence-electron chi connectivity index (χ1n) is 7.06. The van der Waals surface area contributed by atoms with Crippen molar-refractivity contribution in [3.63, 3.8) is 0 Å². The molecule has 23 heavy (non-hydrogen) atoms. The molecule has 0 spiro atoms. The van der Waals surface area contributed by atoms with Gasteiger partial charge in [-0.05, 0) is 42.5 Å². The van der Waals surface area contributed by atoms with Crippen LogP contribution in [0.15, 0.2) is 72.9 Å². The number of hydrogen-bond donors (Lipinski definition) is 2. The van der Waals surface area contributed by atoms with Gasteiger partial charge in [0.2, 0.25) is 0 Å². The largest absolute Gasteiger partial charge is 0.354 e. The molecule has 114 valence electrons. The minimum Gasteiger partial charge on any atom is -0.354 e. The summed E-state index contributed by atoms with van der Waals surface area (Å²) in [4.78, 5) is 16.2. The van der Waals surface area contributed by atoms with Crippen LogP contribution in [-0.2, 0) is 0 Å². The Bertz CT molecular complexity index is 804. The van der Waals surface area contributed by atoms with Crippen LogP contribution in [0.1, 0.15) is 10.5 Å². The average Bonchev–Trinajstić information content (AvgIpc) is 2.56. The number of hydrogen-bond acceptors (Lipinski definition) is 3. The smallest absolute Gasteiger partial charge is 0.274 e. The number of pyridine rings is 1. The number of amides is 1. The van der Waals surface area contributed by atoms with Gasteiger partial charge in [-0.15, -0.1) is 0 Å². The van der Waals surface area contributed by atoms with Gasteiger partial charge in [0, 0.05) is 11.4 Å². The summed E-state index contributed by atoms with van der Waals surface area (Å²) in [6.07, 6.45) is 1.58. The number of halogens is 1. The van der Waals surface area contributed by atoms with Crippen LogP contribution in [0.2, 0.25) is 0 Å². The van der Waals surface area contributed by atoms with E-state index in [0.29, 0.717) is 5.69 Å². The first-order chi connectivity index (χ1) is 11.2. The molecule has 0 saturated carbocycles. The van der Waals surface area contributed by atoms with E-state index in [1.807, 2.05) is 30.3 Å². The lowest BCUT2D eigenvalue weighted by molar-refractivity contribution is 0.102. The maximum Gasteiger partial charge on any atom is 0.274 e. The van der Waals surface area contributed by atoms with Crippen molar-refractivity contribution < 1.29 is 9.18 Å². The van der Waals surface area contributed by atoms with E-state index in [1.54, 1.807) is 24.4 Å². The summed E-state index contributed by atoms with van der Waals surface area (Å²) in [6, 6.07) is 18.8. The number of benzene rings is 2. The molecule has 1 amide bonds. The van der Waals surface area contributed by atoms with Crippen molar-refractivity contribution in [1.29, 1.82) is 0 Å². The van der Waals surface area contributed by atoms with Crippen LogP contribution in [0.3, 0.4) is 0 Å². The Hall–Kier alpha value is -3.21. The molecule has 0 saturated heterocycles. The highest BCUT2D eigenvalue weighted by Gasteiger charge is 2.08. The van der Waals surface area contributed by atoms with E-state index in [1.165, 1.54) is 18.2 Å². The Labute approximate surface area is 133 Å². The van der Waals surface area contributed by atoms with Gasteiger partial charge in [-0.3, -0.25) is 4.79 Å². The Morgan fingerprint density at radius 1 is 0.870 bits per heavy atom. The Morgan fingerprint density at radius 3 is 2.35 bits per heavy atom. The first kappa shape index (κ1) is 14.7. The highest BCUT2D eigenvalue weighted by atomic mass is 19.1. The van der Waals surface area contributed by atoms with Crippen molar-refractivity contribution in [2.75, 3.05) is 10.6 Å². The fourth-order valence-corrected chi connectivity index (χ4v) is 2.05. The van der Waals surface area contributed by atoms with E-state index in [4.69, 9.17) is 0 Å². The van der Waals surface area contributed by atoms with Gasteiger partial charge in [0.05, 0.1) is 11.9 Å². The van der Waals surface area contributed by atoms with Crippen molar-refractivity contribution in [3.8, 4) is 0 Å². The zero-order chi connectivity index (χ0) is 16.1. The van der Waals surface area contributed by atoms with Crippen molar-refractivity contribution in [1.82, 2.24) is 4.98 Å². The van der Waals surface area contributed by atoms with Gasteiger partial charge >= 0.3 is 0 Å². The minimum atomic E-state index is -0.404. The molecule has 0 atom stereocenters. The number of nitrogens with one attached hydrogen (secondary N) is 2. The number of rotatable bonds is 4. The predicted octanol–water partition coefficient (Wildman–Crippen LogP) is 4.22. The summed E-state index contributed by atoms with van der Waals surface area (Å²) in [5.41, 5.74) is 2.36. The topological polar surface area (TPSA) is 54.0 Å². The molecule has 0 aliphatic heterocycles. The van der Waals surface area contributed by atoms with Crippen LogP contribution in [0.4, 0.5) is 21.5 Å². The zero-order valence-corrected chi connectivity index (χ0v) is 12.2. The van der Waals surface area contributed by atoms with E-state index < -0.39 is 5.82 Å². The standard InChI is InChI=1S/C18H14FN3O/c19-13-5-4-8-15(11-13)22-18(23)17-10-9-16(12-20-17)21-14-6-2-1-3-7-14/h1-12,21H,(H,22,23). The molecule has 2 aromatic carbocycles. The highest BCUT2D eigenvalue weighted by molar-refractivity contribution is 6.02. The number of para-hydroxylation sites is 1. The van der Waals surface area contributed by atoms with Crippen LogP contribution >= 0.6 is 0 Å². The molecule has 0 unspecified atom stereocenters. The molecule has 1 aromatic heterocycles. The van der Waals surface area contributed by atoms with Crippen LogP contribution < -0.4 is 10.6 Å². The van der Waals surface area contributed by atoms with Gasteiger partial charge in [0.15, 0.2) is 0 Å². The fourth-order valence-electron chi connectivity index (χ4n) is 2.05. The number of carbonyl (C=O) groups is 1. The van der Waals surface area contributed by atoms with E-state index in [9.17, 15) is 9.18 Å². The third-order valence-corrected chi connectivity index (χ3v) is 3.14. The molecule has 4 nitrogen and oxygen atoms in total. The molecule has 0 aliphatic carbocycles. The Balaban J connectivity index is 1.68. The number of anilines is 3. The maximum atomic E-state index is 13.1. The zero-order valence-electron chi connectivity index (χ0n) is 12.2. The Kier molecular flexibility index (Phi) is 4.29. The van der Waals surface area contributed by atoms with Crippen LogP contribution in [-0.4, -0.2) is 10.9 Å². The lowest BCUT2D eigenvalue weighted by Crippen LogP contribution is -2.13. The average molecular weight is 307 g/mol. The molecular formula is C18H14FN3O. The molecule has 0 radical (unpaired) electrons. The first-order valence-corrected chi connectivity index (χ1v) is 7.06. The molecule has 3 rings (SSSR count). The summed E-state index contributed by atoms with van der Waals surface area (Å²) in [7, 11) is 0. The molecule has 3 aromatic rings. The molecule has 5 heteroatoms. The third kappa shape index (κ3) is 3.91. The van der Waals surface area contributed by atoms with Crippen molar-refractivity contribution >= 4 is 23.0 Å². The highest BCUT2D eigenvalue weighted by Crippen LogP contribution is 2.16. The van der Waals surface area contributed by atoms with Crippen LogP contribution in [0.5, 0.6) is 0 Å². The molecule has 1 heterocycles. The second-order valence-electron chi connectivity index (χ2n) is 4.89. The fraction of sp³-hybridized carbons (Fsp3) is 0. The SMILES string of the molecule is O=C(Nc1cccc(F)c1)c1ccc(Nc2ccccc2)cn1. The molecule has 0 bridgehead atoms. The molecular weight excluding hydrogens is 293 g/mol. The van der Waals surface area contributed by atoms with Gasteiger partial charge in [-0.25, -0.2) is 9.37 Å². The van der Waals surface area contributed by atoms with Crippen LogP contribution in [0.25, 0.3) is 0 Å². The minimum absolute atomic E-state index is 0.257. The quantitative estimate of drug-likeness (QED) is 0.759. The van der Waals surface area contributed by atoms with E-state index in [0.717, 1.165) is 11.4 Å². The van der Waals surface area contributed by atoms with Gasteiger partial charge in [0.1, 0.15) is 11.5 Å². The number of aromatic nitrogens is 1. The van der Waals surface area contributed by atoms with Crippen molar-refractivity contribution in [3.05, 3.63) is 84.4 Å². The summed E-state index contributed by atoms with van der Waals surface area (Å²) >= 11 is 0. The van der Waals surface area contributed by atoms with Crippen molar-refractivity contribution in [2.24, 2.45) is 0 Å². The maximum absolute atomic E-state index is 13.1. The number of nitrogens with zero attached hydrogens (tertiary/aromatic N) is 1. The van der Waals surface area contributed by atoms with Gasteiger partial charge in [0.25, 0.3) is 5.91 Å². The summed E-state index contributed by atoms with van der Waals surface area (Å²) in [5.74, 6) is -0.792. The van der Waals surface area contributed by atoms with Gasteiger partial charge in [-0.2, -0.15) is 0 Å². The second-order valence-corrected chi connectivity index (χ2v) is 4.89. The molecule has 0 aliphatic rings. The summed E-state index contributed by atoms with van der Waals surface area (Å²) in [6.45, 7) is 0. The Morgan fingerprint density at radius 2 is 1.65 bits per heavy atom. The monoisotopic (exact) mass is 307 g/mol. The van der Waals surface area contributed by atoms with Crippen LogP contribution in [0, 0.1) is 5.82 Å². The lowest BCUT2D eigenvalue weighted by Gasteiger charge is -2.07. The summed E-state index contributed by atoms with van der Waals surface area (Å²) < 4.78 is 13.1. The predicted molar refractivity (Wildman–Crippen MR) is 88.3 cm³/mol. The number of carbonyl (C=O) groups excluding carboxylic acids is 1. The molecule has 0 fully saturated rings. The van der Waals surface area contributed by atoms with Gasteiger partial charge < -0.3 is 10.6 Å². The van der Waals surface area contributed by atoms with E-state index >= 15 is 0 Å². The van der Waals surface area contributed by atoms with E-state index in [-0.39, 0.29) is 11.6 Å². The lowest BCUT2D eigenvalue weighted by atomic mass is 10.2. The molecule has 2 N–H and O–H groups in total.